The molecule has 1 unspecified atom stereocenters. The fraction of sp³-hybridized carbons (Fsp3) is 0.538. The van der Waals surface area contributed by atoms with E-state index in [0.29, 0.717) is 10.8 Å². The molecule has 1 aromatic rings. The van der Waals surface area contributed by atoms with Gasteiger partial charge in [-0.1, -0.05) is 0 Å². The zero-order valence-electron chi connectivity index (χ0n) is 9.64. The number of hydrogen-bond acceptors (Lipinski definition) is 0. The molecule has 90 valence electrons. The van der Waals surface area contributed by atoms with Crippen LogP contribution < -0.4 is 0 Å². The normalized spacial score (nSPS) is 32.8. The van der Waals surface area contributed by atoms with Gasteiger partial charge in [-0.15, -0.1) is 0 Å². The van der Waals surface area contributed by atoms with E-state index < -0.39 is 31.7 Å². The van der Waals surface area contributed by atoms with Gasteiger partial charge >= 0.3 is 103 Å². The maximum absolute atomic E-state index is 13.7. The van der Waals surface area contributed by atoms with Crippen molar-refractivity contribution in [3.05, 3.63) is 33.4 Å². The summed E-state index contributed by atoms with van der Waals surface area (Å²) in [5, 5.41) is 0. The first-order valence-electron chi connectivity index (χ1n) is 5.50. The van der Waals surface area contributed by atoms with E-state index in [2.05, 4.69) is 24.3 Å². The topological polar surface area (TPSA) is 0 Å². The van der Waals surface area contributed by atoms with Crippen molar-refractivity contribution in [1.82, 2.24) is 0 Å². The molecule has 3 heteroatoms. The predicted molar refractivity (Wildman–Crippen MR) is 72.7 cm³/mol. The quantitative estimate of drug-likeness (QED) is 0.533. The van der Waals surface area contributed by atoms with Crippen LogP contribution >= 0.6 is 19.8 Å². The van der Waals surface area contributed by atoms with Crippen molar-refractivity contribution in [1.29, 1.82) is 0 Å². The summed E-state index contributed by atoms with van der Waals surface area (Å²) in [6.07, 6.45) is -0.861. The van der Waals surface area contributed by atoms with Gasteiger partial charge in [0, 0.05) is 0 Å². The van der Waals surface area contributed by atoms with Crippen LogP contribution in [0, 0.1) is 10.5 Å². The number of halogens is 3. The van der Waals surface area contributed by atoms with E-state index in [0.717, 1.165) is 4.43 Å². The summed E-state index contributed by atoms with van der Waals surface area (Å²) in [6, 6.07) is 8.36. The van der Waals surface area contributed by atoms with Crippen LogP contribution in [0.3, 0.4) is 0 Å². The summed E-state index contributed by atoms with van der Waals surface area (Å²) in [5.74, 6) is 0. The first-order valence-corrected chi connectivity index (χ1v) is 9.63. The molecule has 1 saturated heterocycles. The zero-order valence-corrected chi connectivity index (χ0v) is 11.8. The average molecular weight is 338 g/mol. The van der Waals surface area contributed by atoms with Crippen molar-refractivity contribution in [2.75, 3.05) is 8.86 Å². The van der Waals surface area contributed by atoms with Gasteiger partial charge in [0.05, 0.1) is 0 Å². The predicted octanol–water partition coefficient (Wildman–Crippen LogP) is 4.14. The third-order valence-electron chi connectivity index (χ3n) is 3.11. The molecule has 1 aromatic carbocycles. The fourth-order valence-electron chi connectivity index (χ4n) is 1.77. The van der Waals surface area contributed by atoms with Gasteiger partial charge in [-0.05, 0) is 0 Å². The first kappa shape index (κ1) is 12.3. The number of alkyl halides is 4. The fourth-order valence-corrected chi connectivity index (χ4v) is 8.27. The summed E-state index contributed by atoms with van der Waals surface area (Å²) in [5.41, 5.74) is -0.359. The minimum absolute atomic E-state index is 0.396. The Kier molecular flexibility index (Phi) is 3.52. The Morgan fingerprint density at radius 3 is 2.50 bits per heavy atom. The molecule has 0 saturated carbocycles. The Hall–Kier alpha value is -0.190. The van der Waals surface area contributed by atoms with Crippen LogP contribution in [-0.2, 0) is 0 Å². The number of benzene rings is 1. The van der Waals surface area contributed by atoms with Crippen LogP contribution in [0.15, 0.2) is 24.3 Å². The summed E-state index contributed by atoms with van der Waals surface area (Å²) in [6.45, 7) is 3.45. The van der Waals surface area contributed by atoms with Gasteiger partial charge in [0.25, 0.3) is 0 Å². The summed E-state index contributed by atoms with van der Waals surface area (Å²) in [7, 11) is 0. The second kappa shape index (κ2) is 4.59. The molecule has 0 aromatic heterocycles. The summed E-state index contributed by atoms with van der Waals surface area (Å²) < 4.78 is 30.0. The molecule has 2 rings (SSSR count). The van der Waals surface area contributed by atoms with E-state index in [1.165, 1.54) is 16.1 Å². The molecule has 0 N–H and O–H groups in total. The molecule has 1 aliphatic rings. The van der Waals surface area contributed by atoms with Gasteiger partial charge in [0.2, 0.25) is 0 Å². The van der Waals surface area contributed by atoms with Crippen LogP contribution in [0.5, 0.6) is 0 Å². The third kappa shape index (κ3) is 2.55. The van der Waals surface area contributed by atoms with Crippen molar-refractivity contribution in [3.63, 3.8) is 0 Å². The van der Waals surface area contributed by atoms with Crippen LogP contribution in [0.1, 0.15) is 18.9 Å². The molecule has 0 nitrogen and oxygen atoms in total. The van der Waals surface area contributed by atoms with Crippen molar-refractivity contribution in [2.45, 2.75) is 32.1 Å². The number of aryl methyl sites for hydroxylation is 1. The Labute approximate surface area is 103 Å². The van der Waals surface area contributed by atoms with Crippen molar-refractivity contribution >= 4 is 19.8 Å². The molecular formula is C13H17F2I. The Bertz CT molecular complexity index is 359. The molecule has 1 heterocycles. The van der Waals surface area contributed by atoms with Gasteiger partial charge in [-0.3, -0.25) is 0 Å². The number of hydrogen-bond donors (Lipinski definition) is 0. The molecule has 0 amide bonds. The van der Waals surface area contributed by atoms with Crippen molar-refractivity contribution < 1.29 is 8.78 Å². The van der Waals surface area contributed by atoms with Crippen LogP contribution in [0.4, 0.5) is 8.78 Å². The van der Waals surface area contributed by atoms with Crippen LogP contribution in [-0.4, -0.2) is 20.7 Å². The van der Waals surface area contributed by atoms with Gasteiger partial charge in [0.1, 0.15) is 0 Å². The van der Waals surface area contributed by atoms with Crippen molar-refractivity contribution in [3.8, 4) is 0 Å². The molecular weight excluding hydrogens is 321 g/mol. The second-order valence-corrected chi connectivity index (χ2v) is 10.4. The zero-order chi connectivity index (χ0) is 11.8. The first-order chi connectivity index (χ1) is 7.49. The molecule has 0 spiro atoms. The summed E-state index contributed by atoms with van der Waals surface area (Å²) in [4.78, 5) is 0. The minimum atomic E-state index is -1.58. The van der Waals surface area contributed by atoms with Gasteiger partial charge in [-0.25, -0.2) is 0 Å². The Morgan fingerprint density at radius 1 is 1.31 bits per heavy atom. The van der Waals surface area contributed by atoms with Crippen molar-refractivity contribution in [2.24, 2.45) is 0 Å². The molecule has 0 bridgehead atoms. The van der Waals surface area contributed by atoms with E-state index >= 15 is 0 Å². The molecule has 2 atom stereocenters. The molecule has 1 aliphatic heterocycles. The number of rotatable bonds is 1. The summed E-state index contributed by atoms with van der Waals surface area (Å²) >= 11 is -1.44. The van der Waals surface area contributed by atoms with E-state index in [9.17, 15) is 8.78 Å². The average Bonchev–Trinajstić information content (AvgIpc) is 2.24. The maximum atomic E-state index is 13.7. The second-order valence-electron chi connectivity index (χ2n) is 4.59. The van der Waals surface area contributed by atoms with Gasteiger partial charge < -0.3 is 0 Å². The molecule has 16 heavy (non-hydrogen) atoms. The SMILES string of the molecule is Cc1ccc(I2CC[C@](C)(F)C(F)C2)cc1. The molecule has 1 fully saturated rings. The Morgan fingerprint density at radius 2 is 1.94 bits per heavy atom. The van der Waals surface area contributed by atoms with E-state index in [1.54, 1.807) is 0 Å². The van der Waals surface area contributed by atoms with E-state index in [1.807, 2.05) is 6.92 Å². The van der Waals surface area contributed by atoms with Crippen LogP contribution in [0.2, 0.25) is 0 Å². The standard InChI is InChI=1S/C13H17F2I/c1-10-3-5-11(6-4-10)16-8-7-13(2,15)12(14)9-16/h3-6,12H,7-9H2,1-2H3/t12?,13-/m0/s1. The van der Waals surface area contributed by atoms with Gasteiger partial charge in [-0.2, -0.15) is 0 Å². The van der Waals surface area contributed by atoms with E-state index in [4.69, 9.17) is 0 Å². The Balaban J connectivity index is 2.10. The molecule has 0 radical (unpaired) electrons. The molecule has 0 aliphatic carbocycles. The third-order valence-corrected chi connectivity index (χ3v) is 9.26. The van der Waals surface area contributed by atoms with E-state index in [-0.39, 0.29) is 0 Å². The monoisotopic (exact) mass is 338 g/mol. The van der Waals surface area contributed by atoms with Crippen LogP contribution in [0.25, 0.3) is 0 Å². The van der Waals surface area contributed by atoms with Gasteiger partial charge in [0.15, 0.2) is 0 Å².